The van der Waals surface area contributed by atoms with Crippen LogP contribution in [0.4, 0.5) is 0 Å². The van der Waals surface area contributed by atoms with Crippen molar-refractivity contribution in [2.45, 2.75) is 55.6 Å². The van der Waals surface area contributed by atoms with Crippen molar-refractivity contribution in [2.24, 2.45) is 7.05 Å². The van der Waals surface area contributed by atoms with Gasteiger partial charge in [-0.3, -0.25) is 0 Å². The van der Waals surface area contributed by atoms with Gasteiger partial charge >= 0.3 is 0 Å². The monoisotopic (exact) mass is 326 g/mol. The molecule has 0 unspecified atom stereocenters. The Morgan fingerprint density at radius 3 is 2.68 bits per heavy atom. The number of aryl methyl sites for hydroxylation is 1. The molecule has 22 heavy (non-hydrogen) atoms. The third-order valence-electron chi connectivity index (χ3n) is 5.34. The molecule has 2 atom stereocenters. The summed E-state index contributed by atoms with van der Waals surface area (Å²) in [5.74, 6) is 0. The number of piperidine rings is 1. The van der Waals surface area contributed by atoms with Crippen molar-refractivity contribution in [1.29, 1.82) is 0 Å². The average Bonchev–Trinajstić information content (AvgIpc) is 2.79. The molecule has 3 rings (SSSR count). The summed E-state index contributed by atoms with van der Waals surface area (Å²) in [6.07, 6.45) is 8.19. The Bertz CT molecular complexity index is 642. The Labute approximate surface area is 133 Å². The molecule has 7 heteroatoms. The number of imidazole rings is 1. The van der Waals surface area contributed by atoms with E-state index in [1.807, 2.05) is 0 Å². The first kappa shape index (κ1) is 16.0. The molecule has 2 saturated heterocycles. The van der Waals surface area contributed by atoms with Gasteiger partial charge in [-0.1, -0.05) is 6.42 Å². The van der Waals surface area contributed by atoms with Gasteiger partial charge in [0, 0.05) is 31.4 Å². The van der Waals surface area contributed by atoms with Crippen LogP contribution >= 0.6 is 0 Å². The zero-order chi connectivity index (χ0) is 16.0. The molecule has 2 aliphatic rings. The molecular formula is C15H26N4O2S. The standard InChI is InChI=1S/C15H26N4O2S/c1-15-8-6-9-18(3)13(15)7-4-5-10-19(15)22(20,21)14-11-17(2)12-16-14/h11-13H,4-10H2,1-3H3/t13-,15-/m0/s1. The first-order valence-corrected chi connectivity index (χ1v) is 9.51. The maximum atomic E-state index is 13.2. The van der Waals surface area contributed by atoms with Crippen LogP contribution in [0.3, 0.4) is 0 Å². The lowest BCUT2D eigenvalue weighted by Crippen LogP contribution is -2.63. The van der Waals surface area contributed by atoms with Crippen LogP contribution in [0.2, 0.25) is 0 Å². The Balaban J connectivity index is 2.03. The predicted molar refractivity (Wildman–Crippen MR) is 85.0 cm³/mol. The van der Waals surface area contributed by atoms with Crippen LogP contribution < -0.4 is 0 Å². The maximum Gasteiger partial charge on any atom is 0.262 e. The average molecular weight is 326 g/mol. The van der Waals surface area contributed by atoms with E-state index in [2.05, 4.69) is 23.9 Å². The van der Waals surface area contributed by atoms with E-state index >= 15 is 0 Å². The number of rotatable bonds is 2. The summed E-state index contributed by atoms with van der Waals surface area (Å²) in [5.41, 5.74) is -0.333. The number of hydrogen-bond donors (Lipinski definition) is 0. The fourth-order valence-electron chi connectivity index (χ4n) is 4.18. The van der Waals surface area contributed by atoms with E-state index in [9.17, 15) is 8.42 Å². The van der Waals surface area contributed by atoms with Crippen molar-refractivity contribution in [3.05, 3.63) is 12.5 Å². The van der Waals surface area contributed by atoms with Gasteiger partial charge in [0.25, 0.3) is 10.0 Å². The molecule has 0 spiro atoms. The van der Waals surface area contributed by atoms with Crippen molar-refractivity contribution in [3.8, 4) is 0 Å². The summed E-state index contributed by atoms with van der Waals surface area (Å²) >= 11 is 0. The molecule has 2 aliphatic heterocycles. The number of likely N-dealkylation sites (tertiary alicyclic amines) is 1. The molecule has 0 N–H and O–H groups in total. The van der Waals surface area contributed by atoms with Gasteiger partial charge in [-0.05, 0) is 46.2 Å². The van der Waals surface area contributed by atoms with Crippen molar-refractivity contribution in [2.75, 3.05) is 20.1 Å². The third-order valence-corrected chi connectivity index (χ3v) is 7.26. The molecule has 0 radical (unpaired) electrons. The van der Waals surface area contributed by atoms with Crippen molar-refractivity contribution in [3.63, 3.8) is 0 Å². The van der Waals surface area contributed by atoms with E-state index in [-0.39, 0.29) is 10.6 Å². The Morgan fingerprint density at radius 2 is 2.00 bits per heavy atom. The largest absolute Gasteiger partial charge is 0.339 e. The molecule has 3 heterocycles. The third kappa shape index (κ3) is 2.49. The summed E-state index contributed by atoms with van der Waals surface area (Å²) in [6, 6.07) is 0.294. The number of nitrogens with zero attached hydrogens (tertiary/aromatic N) is 4. The Hall–Kier alpha value is -0.920. The zero-order valence-corrected chi connectivity index (χ0v) is 14.5. The van der Waals surface area contributed by atoms with Gasteiger partial charge in [0.05, 0.1) is 6.33 Å². The van der Waals surface area contributed by atoms with E-state index in [4.69, 9.17) is 0 Å². The highest BCUT2D eigenvalue weighted by atomic mass is 32.2. The number of fused-ring (bicyclic) bond motifs is 1. The van der Waals surface area contributed by atoms with E-state index < -0.39 is 10.0 Å². The molecule has 2 fully saturated rings. The quantitative estimate of drug-likeness (QED) is 0.825. The SMILES string of the molecule is CN1CCC[C@@]2(C)[C@@H]1CCCCN2S(=O)(=O)c1cn(C)cn1. The maximum absolute atomic E-state index is 13.2. The van der Waals surface area contributed by atoms with E-state index in [0.717, 1.165) is 38.6 Å². The Kier molecular flexibility index (Phi) is 4.07. The minimum atomic E-state index is -3.54. The second-order valence-electron chi connectivity index (χ2n) is 6.91. The summed E-state index contributed by atoms with van der Waals surface area (Å²) in [6.45, 7) is 3.77. The molecule has 1 aromatic heterocycles. The van der Waals surface area contributed by atoms with Crippen molar-refractivity contribution >= 4 is 10.0 Å². The number of hydrogen-bond acceptors (Lipinski definition) is 4. The van der Waals surface area contributed by atoms with Crippen molar-refractivity contribution < 1.29 is 8.42 Å². The number of aromatic nitrogens is 2. The highest BCUT2D eigenvalue weighted by molar-refractivity contribution is 7.89. The number of likely N-dealkylation sites (N-methyl/N-ethyl adjacent to an activating group) is 1. The summed E-state index contributed by atoms with van der Waals surface area (Å²) in [7, 11) is 0.381. The van der Waals surface area contributed by atoms with Gasteiger partial charge in [-0.15, -0.1) is 0 Å². The first-order chi connectivity index (χ1) is 10.4. The summed E-state index contributed by atoms with van der Waals surface area (Å²) in [4.78, 5) is 6.44. The Morgan fingerprint density at radius 1 is 1.23 bits per heavy atom. The summed E-state index contributed by atoms with van der Waals surface area (Å²) in [5, 5.41) is 0.171. The van der Waals surface area contributed by atoms with Crippen LogP contribution in [-0.4, -0.2) is 58.9 Å². The van der Waals surface area contributed by atoms with Gasteiger partial charge in [-0.2, -0.15) is 4.31 Å². The van der Waals surface area contributed by atoms with Gasteiger partial charge in [0.1, 0.15) is 0 Å². The fourth-order valence-corrected chi connectivity index (χ4v) is 6.02. The van der Waals surface area contributed by atoms with E-state index in [0.29, 0.717) is 12.6 Å². The molecule has 0 amide bonds. The normalized spacial score (nSPS) is 31.7. The van der Waals surface area contributed by atoms with Gasteiger partial charge in [-0.25, -0.2) is 13.4 Å². The van der Waals surface area contributed by atoms with Crippen LogP contribution in [0, 0.1) is 0 Å². The topological polar surface area (TPSA) is 58.4 Å². The molecule has 0 aromatic carbocycles. The predicted octanol–water partition coefficient (Wildman–Crippen LogP) is 1.45. The minimum Gasteiger partial charge on any atom is -0.339 e. The molecule has 0 aliphatic carbocycles. The van der Waals surface area contributed by atoms with Gasteiger partial charge in [0.2, 0.25) is 0 Å². The lowest BCUT2D eigenvalue weighted by atomic mass is 9.81. The number of sulfonamides is 1. The summed E-state index contributed by atoms with van der Waals surface area (Å²) < 4.78 is 29.7. The van der Waals surface area contributed by atoms with Gasteiger partial charge in [0.15, 0.2) is 5.03 Å². The van der Waals surface area contributed by atoms with Gasteiger partial charge < -0.3 is 9.47 Å². The lowest BCUT2D eigenvalue weighted by molar-refractivity contribution is 0.0337. The zero-order valence-electron chi connectivity index (χ0n) is 13.7. The minimum absolute atomic E-state index is 0.171. The molecule has 1 aromatic rings. The van der Waals surface area contributed by atoms with Crippen molar-refractivity contribution in [1.82, 2.24) is 18.8 Å². The second-order valence-corrected chi connectivity index (χ2v) is 8.72. The smallest absolute Gasteiger partial charge is 0.262 e. The van der Waals surface area contributed by atoms with Crippen LogP contribution in [0.1, 0.15) is 39.0 Å². The van der Waals surface area contributed by atoms with E-state index in [1.54, 1.807) is 28.4 Å². The molecule has 0 bridgehead atoms. The second kappa shape index (κ2) is 5.62. The highest BCUT2D eigenvalue weighted by Gasteiger charge is 2.50. The van der Waals surface area contributed by atoms with Crippen LogP contribution in [0.5, 0.6) is 0 Å². The molecular weight excluding hydrogens is 300 g/mol. The molecule has 124 valence electrons. The van der Waals surface area contributed by atoms with Crippen LogP contribution in [0.25, 0.3) is 0 Å². The first-order valence-electron chi connectivity index (χ1n) is 8.07. The molecule has 0 saturated carbocycles. The van der Waals surface area contributed by atoms with Crippen LogP contribution in [0.15, 0.2) is 17.6 Å². The van der Waals surface area contributed by atoms with Crippen LogP contribution in [-0.2, 0) is 17.1 Å². The fraction of sp³-hybridized carbons (Fsp3) is 0.800. The lowest BCUT2D eigenvalue weighted by Gasteiger charge is -2.50. The van der Waals surface area contributed by atoms with E-state index in [1.165, 1.54) is 0 Å². The highest BCUT2D eigenvalue weighted by Crippen LogP contribution is 2.40. The molecule has 6 nitrogen and oxygen atoms in total.